The number of halogens is 3. The topological polar surface area (TPSA) is 96.0 Å². The van der Waals surface area contributed by atoms with Crippen molar-refractivity contribution >= 4 is 62.3 Å². The summed E-state index contributed by atoms with van der Waals surface area (Å²) >= 11 is 18.7. The molecule has 1 N–H and O–H groups in total. The van der Waals surface area contributed by atoms with Crippen LogP contribution in [0.15, 0.2) is 65.6 Å². The van der Waals surface area contributed by atoms with E-state index < -0.39 is 28.5 Å². The number of rotatable bonds is 13. The number of anilines is 1. The summed E-state index contributed by atoms with van der Waals surface area (Å²) in [5.41, 5.74) is 1.65. The van der Waals surface area contributed by atoms with E-state index in [1.54, 1.807) is 37.3 Å². The van der Waals surface area contributed by atoms with E-state index in [9.17, 15) is 18.0 Å². The van der Waals surface area contributed by atoms with Gasteiger partial charge in [-0.25, -0.2) is 8.42 Å². The van der Waals surface area contributed by atoms with Gasteiger partial charge in [0.1, 0.15) is 18.3 Å². The van der Waals surface area contributed by atoms with Crippen LogP contribution in [0.5, 0.6) is 5.75 Å². The predicted molar refractivity (Wildman–Crippen MR) is 168 cm³/mol. The lowest BCUT2D eigenvalue weighted by Crippen LogP contribution is -2.51. The van der Waals surface area contributed by atoms with E-state index in [4.69, 9.17) is 39.5 Å². The number of hydrogen-bond donors (Lipinski definition) is 1. The molecule has 0 saturated carbocycles. The van der Waals surface area contributed by atoms with Crippen LogP contribution in [0.4, 0.5) is 5.69 Å². The quantitative estimate of drug-likeness (QED) is 0.213. The Morgan fingerprint density at radius 3 is 2.24 bits per heavy atom. The van der Waals surface area contributed by atoms with Crippen LogP contribution in [-0.2, 0) is 26.2 Å². The van der Waals surface area contributed by atoms with Crippen molar-refractivity contribution in [1.29, 1.82) is 0 Å². The Bertz CT molecular complexity index is 1520. The second-order valence-electron chi connectivity index (χ2n) is 9.73. The smallest absolute Gasteiger partial charge is 0.264 e. The van der Waals surface area contributed by atoms with Gasteiger partial charge in [-0.3, -0.25) is 13.9 Å². The van der Waals surface area contributed by atoms with Crippen molar-refractivity contribution in [3.05, 3.63) is 86.9 Å². The van der Waals surface area contributed by atoms with Crippen molar-refractivity contribution in [3.63, 3.8) is 0 Å². The van der Waals surface area contributed by atoms with Crippen LogP contribution < -0.4 is 14.4 Å². The fourth-order valence-electron chi connectivity index (χ4n) is 4.13. The second-order valence-corrected chi connectivity index (χ2v) is 12.8. The zero-order valence-electron chi connectivity index (χ0n) is 23.9. The number of ether oxygens (including phenoxy) is 1. The maximum Gasteiger partial charge on any atom is 0.264 e. The molecule has 2 amide bonds. The summed E-state index contributed by atoms with van der Waals surface area (Å²) in [6.07, 6.45) is 1.66. The molecular weight excluding hydrogens is 621 g/mol. The number of carbonyl (C=O) groups is 2. The highest BCUT2D eigenvalue weighted by Gasteiger charge is 2.33. The van der Waals surface area contributed by atoms with Gasteiger partial charge in [0.25, 0.3) is 10.0 Å². The molecule has 0 bridgehead atoms. The first-order valence-corrected chi connectivity index (χ1v) is 15.9. The third kappa shape index (κ3) is 8.31. The highest BCUT2D eigenvalue weighted by molar-refractivity contribution is 7.92. The van der Waals surface area contributed by atoms with E-state index in [-0.39, 0.29) is 33.1 Å². The fraction of sp³-hybridized carbons (Fsp3) is 0.333. The minimum Gasteiger partial charge on any atom is -0.495 e. The maximum absolute atomic E-state index is 14.0. The number of nitrogens with zero attached hydrogens (tertiary/aromatic N) is 2. The van der Waals surface area contributed by atoms with Crippen LogP contribution in [0.2, 0.25) is 15.1 Å². The summed E-state index contributed by atoms with van der Waals surface area (Å²) in [6.45, 7) is 5.28. The molecule has 3 rings (SSSR count). The molecule has 0 radical (unpaired) electrons. The Morgan fingerprint density at radius 2 is 1.64 bits per heavy atom. The molecule has 226 valence electrons. The molecule has 3 aromatic carbocycles. The zero-order chi connectivity index (χ0) is 31.0. The van der Waals surface area contributed by atoms with Gasteiger partial charge in [0.15, 0.2) is 0 Å². The number of aryl methyl sites for hydroxylation is 1. The lowest BCUT2D eigenvalue weighted by atomic mass is 10.1. The van der Waals surface area contributed by atoms with Crippen molar-refractivity contribution < 1.29 is 22.7 Å². The van der Waals surface area contributed by atoms with E-state index >= 15 is 0 Å². The first-order valence-electron chi connectivity index (χ1n) is 13.3. The molecule has 0 aliphatic carbocycles. The van der Waals surface area contributed by atoms with Crippen LogP contribution in [0, 0.1) is 6.92 Å². The molecule has 0 spiro atoms. The first kappa shape index (κ1) is 33.5. The first-order chi connectivity index (χ1) is 19.9. The van der Waals surface area contributed by atoms with Crippen LogP contribution >= 0.6 is 34.8 Å². The third-order valence-corrected chi connectivity index (χ3v) is 9.47. The Kier molecular flexibility index (Phi) is 11.9. The second kappa shape index (κ2) is 15.0. The van der Waals surface area contributed by atoms with Gasteiger partial charge in [0, 0.05) is 13.1 Å². The van der Waals surface area contributed by atoms with Gasteiger partial charge in [0.05, 0.1) is 32.8 Å². The van der Waals surface area contributed by atoms with E-state index in [1.165, 1.54) is 42.3 Å². The molecular formula is C30H34Cl3N3O5S. The van der Waals surface area contributed by atoms with Gasteiger partial charge in [-0.05, 0) is 68.3 Å². The Balaban J connectivity index is 2.05. The molecule has 0 fully saturated rings. The Labute approximate surface area is 262 Å². The molecule has 3 aromatic rings. The number of unbranched alkanes of at least 4 members (excludes halogenated alkanes) is 1. The van der Waals surface area contributed by atoms with Crippen molar-refractivity contribution in [2.75, 3.05) is 24.5 Å². The van der Waals surface area contributed by atoms with E-state index in [2.05, 4.69) is 5.32 Å². The molecule has 0 aliphatic rings. The van der Waals surface area contributed by atoms with Gasteiger partial charge in [0.2, 0.25) is 11.8 Å². The monoisotopic (exact) mass is 653 g/mol. The summed E-state index contributed by atoms with van der Waals surface area (Å²) in [4.78, 5) is 28.4. The van der Waals surface area contributed by atoms with Gasteiger partial charge < -0.3 is 15.0 Å². The third-order valence-electron chi connectivity index (χ3n) is 6.64. The zero-order valence-corrected chi connectivity index (χ0v) is 26.9. The summed E-state index contributed by atoms with van der Waals surface area (Å²) in [5.74, 6) is -0.628. The highest BCUT2D eigenvalue weighted by Crippen LogP contribution is 2.32. The molecule has 0 aliphatic heterocycles. The summed E-state index contributed by atoms with van der Waals surface area (Å²) in [7, 11) is -2.79. The minimum atomic E-state index is -4.24. The Hall–Kier alpha value is -2.98. The molecule has 42 heavy (non-hydrogen) atoms. The van der Waals surface area contributed by atoms with Gasteiger partial charge in [-0.2, -0.15) is 0 Å². The van der Waals surface area contributed by atoms with Crippen molar-refractivity contribution in [3.8, 4) is 5.75 Å². The number of carbonyl (C=O) groups excluding carboxylic acids is 2. The lowest BCUT2D eigenvalue weighted by molar-refractivity contribution is -0.139. The lowest BCUT2D eigenvalue weighted by Gasteiger charge is -2.32. The molecule has 12 heteroatoms. The summed E-state index contributed by atoms with van der Waals surface area (Å²) in [5, 5.41) is 3.65. The number of amides is 2. The average molecular weight is 655 g/mol. The normalized spacial score (nSPS) is 12.0. The largest absolute Gasteiger partial charge is 0.495 e. The van der Waals surface area contributed by atoms with Crippen molar-refractivity contribution in [2.45, 2.75) is 51.1 Å². The van der Waals surface area contributed by atoms with Gasteiger partial charge in [-0.15, -0.1) is 0 Å². The number of sulfonamides is 1. The summed E-state index contributed by atoms with van der Waals surface area (Å²) in [6, 6.07) is 14.7. The van der Waals surface area contributed by atoms with Crippen LogP contribution in [0.25, 0.3) is 0 Å². The van der Waals surface area contributed by atoms with Crippen LogP contribution in [-0.4, -0.2) is 51.4 Å². The van der Waals surface area contributed by atoms with Gasteiger partial charge in [-0.1, -0.05) is 71.9 Å². The Morgan fingerprint density at radius 1 is 0.952 bits per heavy atom. The number of hydrogen-bond acceptors (Lipinski definition) is 5. The average Bonchev–Trinajstić information content (AvgIpc) is 2.96. The van der Waals surface area contributed by atoms with Crippen molar-refractivity contribution in [1.82, 2.24) is 10.2 Å². The summed E-state index contributed by atoms with van der Waals surface area (Å²) < 4.78 is 34.1. The van der Waals surface area contributed by atoms with E-state index in [1.807, 2.05) is 13.8 Å². The number of benzene rings is 3. The molecule has 1 atom stereocenters. The number of methoxy groups -OCH3 is 1. The molecule has 0 saturated heterocycles. The molecule has 0 unspecified atom stereocenters. The van der Waals surface area contributed by atoms with Crippen LogP contribution in [0.3, 0.4) is 0 Å². The van der Waals surface area contributed by atoms with E-state index in [0.717, 1.165) is 22.7 Å². The highest BCUT2D eigenvalue weighted by atomic mass is 35.5. The number of nitrogens with one attached hydrogen (secondary N) is 1. The van der Waals surface area contributed by atoms with Crippen molar-refractivity contribution in [2.24, 2.45) is 0 Å². The predicted octanol–water partition coefficient (Wildman–Crippen LogP) is 6.49. The van der Waals surface area contributed by atoms with E-state index in [0.29, 0.717) is 22.9 Å². The SMILES string of the molecule is CCCCNC(=O)[C@@H](C)N(Cc1ccc(Cl)c(Cl)c1)C(=O)CN(c1ccc(OC)c(Cl)c1)S(=O)(=O)c1ccc(C)cc1. The molecule has 0 heterocycles. The fourth-order valence-corrected chi connectivity index (χ4v) is 6.11. The minimum absolute atomic E-state index is 0.00534. The van der Waals surface area contributed by atoms with Gasteiger partial charge >= 0.3 is 0 Å². The van der Waals surface area contributed by atoms with Crippen LogP contribution in [0.1, 0.15) is 37.8 Å². The maximum atomic E-state index is 14.0. The standard InChI is InChI=1S/C30H34Cl3N3O5S/c1-5-6-15-34-30(38)21(3)35(18-22-9-13-25(31)26(32)16-22)29(37)19-36(23-10-14-28(41-4)27(33)17-23)42(39,40)24-11-7-20(2)8-12-24/h7-14,16-17,21H,5-6,15,18-19H2,1-4H3,(H,34,38)/t21-/m1/s1. The molecule has 8 nitrogen and oxygen atoms in total. The molecule has 0 aromatic heterocycles.